The Balaban J connectivity index is 1.72. The standard InChI is InChI=1S/C22H19ClN6/c23-17-9-7-14(8-10-17)13-26-22-28-20(15-3-1-5-18(24)11-15)27-21(29-22)16-4-2-6-19(25)12-16/h1-12H,13,24-25H2,(H,26,27,28,29). The quantitative estimate of drug-likeness (QED) is 0.420. The van der Waals surface area contributed by atoms with Gasteiger partial charge in [-0.1, -0.05) is 48.0 Å². The van der Waals surface area contributed by atoms with E-state index in [1.807, 2.05) is 72.8 Å². The molecule has 1 aromatic heterocycles. The van der Waals surface area contributed by atoms with Crippen LogP contribution in [0.5, 0.6) is 0 Å². The van der Waals surface area contributed by atoms with Crippen molar-refractivity contribution in [2.24, 2.45) is 0 Å². The second-order valence-corrected chi connectivity index (χ2v) is 6.97. The SMILES string of the molecule is Nc1cccc(-c2nc(NCc3ccc(Cl)cc3)nc(-c3cccc(N)c3)n2)c1. The molecule has 0 atom stereocenters. The third kappa shape index (κ3) is 4.62. The van der Waals surface area contributed by atoms with Crippen molar-refractivity contribution >= 4 is 28.9 Å². The van der Waals surface area contributed by atoms with Gasteiger partial charge in [-0.15, -0.1) is 0 Å². The van der Waals surface area contributed by atoms with Crippen LogP contribution in [0, 0.1) is 0 Å². The predicted octanol–water partition coefficient (Wildman–Crippen LogP) is 4.64. The third-order valence-corrected chi connectivity index (χ3v) is 4.54. The molecule has 5 N–H and O–H groups in total. The van der Waals surface area contributed by atoms with Crippen molar-refractivity contribution in [1.29, 1.82) is 0 Å². The second kappa shape index (κ2) is 8.16. The monoisotopic (exact) mass is 402 g/mol. The minimum absolute atomic E-state index is 0.463. The Morgan fingerprint density at radius 2 is 1.28 bits per heavy atom. The number of nitrogen functional groups attached to an aromatic ring is 2. The average Bonchev–Trinajstić information content (AvgIpc) is 2.73. The van der Waals surface area contributed by atoms with Crippen molar-refractivity contribution in [3.63, 3.8) is 0 Å². The zero-order valence-corrected chi connectivity index (χ0v) is 16.3. The number of nitrogens with two attached hydrogens (primary N) is 2. The van der Waals surface area contributed by atoms with E-state index in [0.717, 1.165) is 16.7 Å². The van der Waals surface area contributed by atoms with Crippen molar-refractivity contribution in [1.82, 2.24) is 15.0 Å². The lowest BCUT2D eigenvalue weighted by Crippen LogP contribution is -2.07. The number of aromatic nitrogens is 3. The topological polar surface area (TPSA) is 103 Å². The molecule has 0 spiro atoms. The van der Waals surface area contributed by atoms with Crippen molar-refractivity contribution in [2.45, 2.75) is 6.54 Å². The van der Waals surface area contributed by atoms with E-state index in [1.165, 1.54) is 0 Å². The molecular formula is C22H19ClN6. The van der Waals surface area contributed by atoms with Crippen molar-refractivity contribution < 1.29 is 0 Å². The third-order valence-electron chi connectivity index (χ3n) is 4.29. The zero-order chi connectivity index (χ0) is 20.2. The summed E-state index contributed by atoms with van der Waals surface area (Å²) in [5, 5.41) is 3.96. The van der Waals surface area contributed by atoms with Crippen LogP contribution in [-0.4, -0.2) is 15.0 Å². The molecule has 0 bridgehead atoms. The number of anilines is 3. The van der Waals surface area contributed by atoms with Crippen molar-refractivity contribution in [3.8, 4) is 22.8 Å². The molecule has 0 aliphatic rings. The summed E-state index contributed by atoms with van der Waals surface area (Å²) >= 11 is 5.96. The van der Waals surface area contributed by atoms with E-state index in [0.29, 0.717) is 40.5 Å². The molecule has 144 valence electrons. The Hall–Kier alpha value is -3.64. The summed E-state index contributed by atoms with van der Waals surface area (Å²) in [7, 11) is 0. The molecule has 0 saturated carbocycles. The molecule has 7 heteroatoms. The summed E-state index contributed by atoms with van der Waals surface area (Å²) in [6.45, 7) is 0.550. The second-order valence-electron chi connectivity index (χ2n) is 6.54. The van der Waals surface area contributed by atoms with Crippen molar-refractivity contribution in [3.05, 3.63) is 83.4 Å². The summed E-state index contributed by atoms with van der Waals surface area (Å²) < 4.78 is 0. The maximum Gasteiger partial charge on any atom is 0.227 e. The number of nitrogens with zero attached hydrogens (tertiary/aromatic N) is 3. The van der Waals surface area contributed by atoms with Gasteiger partial charge in [0.1, 0.15) is 0 Å². The van der Waals surface area contributed by atoms with Gasteiger partial charge >= 0.3 is 0 Å². The molecule has 0 aliphatic carbocycles. The smallest absolute Gasteiger partial charge is 0.227 e. The Morgan fingerprint density at radius 1 is 0.724 bits per heavy atom. The van der Waals surface area contributed by atoms with E-state index >= 15 is 0 Å². The highest BCUT2D eigenvalue weighted by Crippen LogP contribution is 2.24. The van der Waals surface area contributed by atoms with Gasteiger partial charge in [0.15, 0.2) is 11.6 Å². The lowest BCUT2D eigenvalue weighted by molar-refractivity contribution is 1.01. The minimum Gasteiger partial charge on any atom is -0.399 e. The van der Waals surface area contributed by atoms with Gasteiger partial charge in [0, 0.05) is 34.1 Å². The van der Waals surface area contributed by atoms with Gasteiger partial charge in [-0.05, 0) is 42.0 Å². The predicted molar refractivity (Wildman–Crippen MR) is 118 cm³/mol. The fourth-order valence-corrected chi connectivity index (χ4v) is 2.98. The first-order chi connectivity index (χ1) is 14.1. The number of halogens is 1. The highest BCUT2D eigenvalue weighted by molar-refractivity contribution is 6.30. The molecule has 29 heavy (non-hydrogen) atoms. The van der Waals surface area contributed by atoms with Crippen LogP contribution in [0.2, 0.25) is 5.02 Å². The summed E-state index contributed by atoms with van der Waals surface area (Å²) in [6.07, 6.45) is 0. The van der Waals surface area contributed by atoms with E-state index < -0.39 is 0 Å². The molecule has 3 aromatic carbocycles. The Labute approximate surface area is 173 Å². The number of rotatable bonds is 5. The normalized spacial score (nSPS) is 10.7. The van der Waals surface area contributed by atoms with E-state index in [-0.39, 0.29) is 0 Å². The first-order valence-electron chi connectivity index (χ1n) is 9.03. The summed E-state index contributed by atoms with van der Waals surface area (Å²) in [6, 6.07) is 22.5. The van der Waals surface area contributed by atoms with Crippen LogP contribution < -0.4 is 16.8 Å². The molecule has 0 saturated heterocycles. The zero-order valence-electron chi connectivity index (χ0n) is 15.5. The van der Waals surface area contributed by atoms with Gasteiger partial charge in [-0.3, -0.25) is 0 Å². The summed E-state index contributed by atoms with van der Waals surface area (Å²) in [5.74, 6) is 1.52. The van der Waals surface area contributed by atoms with Crippen LogP contribution in [0.1, 0.15) is 5.56 Å². The molecule has 0 radical (unpaired) electrons. The van der Waals surface area contributed by atoms with Crippen LogP contribution in [0.4, 0.5) is 17.3 Å². The van der Waals surface area contributed by atoms with E-state index in [2.05, 4.69) is 20.3 Å². The van der Waals surface area contributed by atoms with Gasteiger partial charge < -0.3 is 16.8 Å². The Morgan fingerprint density at radius 3 is 1.79 bits per heavy atom. The molecule has 0 unspecified atom stereocenters. The molecule has 4 aromatic rings. The van der Waals surface area contributed by atoms with Gasteiger partial charge in [-0.2, -0.15) is 9.97 Å². The molecule has 0 aliphatic heterocycles. The van der Waals surface area contributed by atoms with Gasteiger partial charge in [0.25, 0.3) is 0 Å². The highest BCUT2D eigenvalue weighted by atomic mass is 35.5. The molecule has 1 heterocycles. The number of benzene rings is 3. The molecule has 0 amide bonds. The molecule has 6 nitrogen and oxygen atoms in total. The van der Waals surface area contributed by atoms with E-state index in [1.54, 1.807) is 0 Å². The molecule has 0 fully saturated rings. The number of nitrogens with one attached hydrogen (secondary N) is 1. The Kier molecular flexibility index (Phi) is 5.27. The van der Waals surface area contributed by atoms with E-state index in [9.17, 15) is 0 Å². The van der Waals surface area contributed by atoms with Gasteiger partial charge in [0.05, 0.1) is 0 Å². The first kappa shape index (κ1) is 18.7. The van der Waals surface area contributed by atoms with Gasteiger partial charge in [-0.25, -0.2) is 4.98 Å². The lowest BCUT2D eigenvalue weighted by atomic mass is 10.1. The fraction of sp³-hybridized carbons (Fsp3) is 0.0455. The largest absolute Gasteiger partial charge is 0.399 e. The van der Waals surface area contributed by atoms with E-state index in [4.69, 9.17) is 23.1 Å². The Bertz CT molecular complexity index is 1080. The van der Waals surface area contributed by atoms with Crippen LogP contribution in [0.3, 0.4) is 0 Å². The maximum atomic E-state index is 5.96. The lowest BCUT2D eigenvalue weighted by Gasteiger charge is -2.10. The number of hydrogen-bond donors (Lipinski definition) is 3. The first-order valence-corrected chi connectivity index (χ1v) is 9.41. The van der Waals surface area contributed by atoms with Crippen LogP contribution >= 0.6 is 11.6 Å². The highest BCUT2D eigenvalue weighted by Gasteiger charge is 2.11. The average molecular weight is 403 g/mol. The fourth-order valence-electron chi connectivity index (χ4n) is 2.85. The molecule has 4 rings (SSSR count). The van der Waals surface area contributed by atoms with Crippen molar-refractivity contribution in [2.75, 3.05) is 16.8 Å². The maximum absolute atomic E-state index is 5.96. The summed E-state index contributed by atoms with van der Waals surface area (Å²) in [5.41, 5.74) is 15.8. The van der Waals surface area contributed by atoms with Crippen LogP contribution in [0.15, 0.2) is 72.8 Å². The number of hydrogen-bond acceptors (Lipinski definition) is 6. The van der Waals surface area contributed by atoms with Crippen LogP contribution in [-0.2, 0) is 6.54 Å². The summed E-state index contributed by atoms with van der Waals surface area (Å²) in [4.78, 5) is 13.8. The van der Waals surface area contributed by atoms with Crippen LogP contribution in [0.25, 0.3) is 22.8 Å². The minimum atomic E-state index is 0.463. The molecular weight excluding hydrogens is 384 g/mol. The van der Waals surface area contributed by atoms with Gasteiger partial charge in [0.2, 0.25) is 5.95 Å².